The van der Waals surface area contributed by atoms with Crippen molar-refractivity contribution >= 4 is 48.8 Å². The van der Waals surface area contributed by atoms with Gasteiger partial charge in [-0.2, -0.15) is 0 Å². The van der Waals surface area contributed by atoms with E-state index in [2.05, 4.69) is 0 Å². The zero-order valence-electron chi connectivity index (χ0n) is 15.6. The van der Waals surface area contributed by atoms with Crippen molar-refractivity contribution in [3.05, 3.63) is 66.7 Å². The Bertz CT molecular complexity index is 1330. The summed E-state index contributed by atoms with van der Waals surface area (Å²) in [6, 6.07) is 17.7. The summed E-state index contributed by atoms with van der Waals surface area (Å²) >= 11 is 0. The van der Waals surface area contributed by atoms with Crippen molar-refractivity contribution in [2.24, 2.45) is 0 Å². The zero-order chi connectivity index (χ0) is 19.4. The molecule has 4 aromatic rings. The topological polar surface area (TPSA) is 114 Å². The Labute approximate surface area is 254 Å². The first-order valence-corrected chi connectivity index (χ1v) is 11.9. The molecule has 138 valence electrons. The smallest absolute Gasteiger partial charge is 0.744 e. The second-order valence-corrected chi connectivity index (χ2v) is 10.8. The van der Waals surface area contributed by atoms with Crippen molar-refractivity contribution < 1.29 is 129 Å². The van der Waals surface area contributed by atoms with Gasteiger partial charge < -0.3 is 9.11 Å². The van der Waals surface area contributed by atoms with E-state index in [1.807, 2.05) is 30.3 Å². The van der Waals surface area contributed by atoms with Gasteiger partial charge in [0.25, 0.3) is 0 Å². The normalized spacial score (nSPS) is 11.8. The molecule has 4 rings (SSSR count). The Kier molecular flexibility index (Phi) is 8.98. The molecule has 1 heterocycles. The van der Waals surface area contributed by atoms with E-state index < -0.39 is 37.6 Å². The fourth-order valence-electron chi connectivity index (χ4n) is 3.15. The molecule has 0 spiro atoms. The molecule has 0 aliphatic heterocycles. The monoisotopic (exact) mass is 496 g/mol. The number of hydrogen-bond acceptors (Lipinski definition) is 6. The second-order valence-electron chi connectivity index (χ2n) is 5.94. The van der Waals surface area contributed by atoms with Crippen molar-refractivity contribution in [1.82, 2.24) is 0 Å². The molecule has 0 fully saturated rings. The van der Waals surface area contributed by atoms with E-state index in [0.29, 0.717) is 10.8 Å². The van der Waals surface area contributed by atoms with Gasteiger partial charge in [0, 0.05) is 10.2 Å². The van der Waals surface area contributed by atoms with Crippen LogP contribution in [0.2, 0.25) is 0 Å². The van der Waals surface area contributed by atoms with Crippen molar-refractivity contribution in [2.45, 2.75) is 9.79 Å². The van der Waals surface area contributed by atoms with E-state index in [9.17, 15) is 25.9 Å². The predicted molar refractivity (Wildman–Crippen MR) is 101 cm³/mol. The van der Waals surface area contributed by atoms with Gasteiger partial charge in [-0.25, -0.2) is 16.8 Å². The van der Waals surface area contributed by atoms with Crippen LogP contribution in [0.15, 0.2) is 76.5 Å². The molecule has 0 radical (unpaired) electrons. The summed E-state index contributed by atoms with van der Waals surface area (Å²) in [6.45, 7) is 0. The second kappa shape index (κ2) is 9.90. The standard InChI is InChI=1S/C18H13O6PS2.2K/c19-26(20,21)13-6-8-17-15(10-13)16-11-14(27(22,23)24)7-9-18(16)25(17)12-4-2-1-3-5-12;;/h1-11H,(H,19,20,21)(H,22,23,24);;/q;2*+1/p-2. The molecular formula is C18H11K2O6PS2. The van der Waals surface area contributed by atoms with Gasteiger partial charge in [-0.1, -0.05) is 37.9 Å². The summed E-state index contributed by atoms with van der Waals surface area (Å²) in [6.07, 6.45) is 0. The number of hydrogen-bond donors (Lipinski definition) is 0. The summed E-state index contributed by atoms with van der Waals surface area (Å²) in [5.74, 6) is 0. The van der Waals surface area contributed by atoms with Gasteiger partial charge in [-0.15, -0.1) is 0 Å². The Hall–Kier alpha value is 1.05. The molecule has 0 amide bonds. The molecule has 29 heavy (non-hydrogen) atoms. The Morgan fingerprint density at radius 1 is 0.621 bits per heavy atom. The summed E-state index contributed by atoms with van der Waals surface area (Å²) in [5, 5.41) is 3.52. The number of benzene rings is 3. The first-order valence-electron chi connectivity index (χ1n) is 7.72. The van der Waals surface area contributed by atoms with E-state index in [4.69, 9.17) is 0 Å². The summed E-state index contributed by atoms with van der Waals surface area (Å²) in [5.41, 5.74) is 0. The molecule has 0 aliphatic carbocycles. The number of rotatable bonds is 3. The summed E-state index contributed by atoms with van der Waals surface area (Å²) in [4.78, 5) is -0.792. The van der Waals surface area contributed by atoms with Crippen molar-refractivity contribution in [3.63, 3.8) is 0 Å². The summed E-state index contributed by atoms with van der Waals surface area (Å²) < 4.78 is 68.6. The molecular weight excluding hydrogens is 485 g/mol. The van der Waals surface area contributed by atoms with Gasteiger partial charge in [0.2, 0.25) is 0 Å². The van der Waals surface area contributed by atoms with Gasteiger partial charge in [-0.3, -0.25) is 0 Å². The van der Waals surface area contributed by atoms with Crippen LogP contribution in [0.3, 0.4) is 0 Å². The Balaban J connectivity index is 0.00000150. The molecule has 6 nitrogen and oxygen atoms in total. The maximum absolute atomic E-state index is 11.4. The van der Waals surface area contributed by atoms with E-state index >= 15 is 0 Å². The van der Waals surface area contributed by atoms with Gasteiger partial charge in [-0.05, 0) is 52.5 Å². The van der Waals surface area contributed by atoms with Crippen LogP contribution in [0.25, 0.3) is 26.3 Å². The largest absolute Gasteiger partial charge is 1.00 e. The molecule has 0 unspecified atom stereocenters. The first kappa shape index (κ1) is 26.3. The maximum Gasteiger partial charge on any atom is 1.00 e. The molecule has 1 aromatic heterocycles. The third-order valence-electron chi connectivity index (χ3n) is 4.30. The summed E-state index contributed by atoms with van der Waals surface area (Å²) in [7, 11) is -10.4. The van der Waals surface area contributed by atoms with E-state index in [1.165, 1.54) is 24.3 Å². The number of fused-ring (bicyclic) bond motifs is 3. The van der Waals surface area contributed by atoms with Gasteiger partial charge in [0.15, 0.2) is 0 Å². The van der Waals surface area contributed by atoms with Crippen LogP contribution in [0, 0.1) is 0 Å². The van der Waals surface area contributed by atoms with Gasteiger partial charge >= 0.3 is 103 Å². The Morgan fingerprint density at radius 3 is 1.41 bits per heavy atom. The average Bonchev–Trinajstić information content (AvgIpc) is 2.94. The third-order valence-corrected chi connectivity index (χ3v) is 8.52. The molecule has 0 aliphatic rings. The van der Waals surface area contributed by atoms with Crippen LogP contribution < -0.4 is 103 Å². The van der Waals surface area contributed by atoms with Crippen LogP contribution in [0.4, 0.5) is 0 Å². The maximum atomic E-state index is 11.4. The molecule has 0 N–H and O–H groups in total. The Morgan fingerprint density at radius 2 is 1.03 bits per heavy atom. The van der Waals surface area contributed by atoms with Crippen molar-refractivity contribution in [3.8, 4) is 5.30 Å². The van der Waals surface area contributed by atoms with E-state index in [-0.39, 0.29) is 103 Å². The fourth-order valence-corrected chi connectivity index (χ4v) is 6.73. The molecule has 11 heteroatoms. The van der Waals surface area contributed by atoms with Gasteiger partial charge in [0.1, 0.15) is 20.2 Å². The minimum absolute atomic E-state index is 0. The van der Waals surface area contributed by atoms with Crippen molar-refractivity contribution in [1.29, 1.82) is 0 Å². The quantitative estimate of drug-likeness (QED) is 0.235. The van der Waals surface area contributed by atoms with E-state index in [1.54, 1.807) is 12.1 Å². The van der Waals surface area contributed by atoms with Gasteiger partial charge in [0.05, 0.1) is 9.79 Å². The van der Waals surface area contributed by atoms with Crippen LogP contribution in [-0.4, -0.2) is 25.9 Å². The third kappa shape index (κ3) is 5.35. The molecule has 0 atom stereocenters. The van der Waals surface area contributed by atoms with Crippen LogP contribution in [0.5, 0.6) is 0 Å². The minimum atomic E-state index is -4.67. The SMILES string of the molecule is O=S(=O)([O-])c1ccc2c(c1)c1cc(S(=O)(=O)[O-])ccc1p2-c1ccccc1.[K+].[K+]. The zero-order valence-corrected chi connectivity index (χ0v) is 24.3. The molecule has 0 bridgehead atoms. The first-order chi connectivity index (χ1) is 12.7. The average molecular weight is 497 g/mol. The van der Waals surface area contributed by atoms with Crippen molar-refractivity contribution in [2.75, 3.05) is 0 Å². The van der Waals surface area contributed by atoms with Crippen LogP contribution >= 0.6 is 7.53 Å². The minimum Gasteiger partial charge on any atom is -0.744 e. The van der Waals surface area contributed by atoms with Crippen LogP contribution in [-0.2, 0) is 20.2 Å². The van der Waals surface area contributed by atoms with Crippen LogP contribution in [0.1, 0.15) is 0 Å². The van der Waals surface area contributed by atoms with E-state index in [0.717, 1.165) is 15.5 Å². The molecule has 3 aromatic carbocycles. The molecule has 0 saturated carbocycles. The molecule has 0 saturated heterocycles. The predicted octanol–water partition coefficient (Wildman–Crippen LogP) is -2.21. The fraction of sp³-hybridized carbons (Fsp3) is 0.